The van der Waals surface area contributed by atoms with Gasteiger partial charge in [-0.1, -0.05) is 26.0 Å². The van der Waals surface area contributed by atoms with E-state index in [1.807, 2.05) is 12.1 Å². The third kappa shape index (κ3) is 4.06. The zero-order valence-corrected chi connectivity index (χ0v) is 16.7. The summed E-state index contributed by atoms with van der Waals surface area (Å²) in [4.78, 5) is 25.6. The van der Waals surface area contributed by atoms with Crippen LogP contribution >= 0.6 is 0 Å². The van der Waals surface area contributed by atoms with E-state index in [0.717, 1.165) is 14.8 Å². The number of aromatic nitrogens is 3. The summed E-state index contributed by atoms with van der Waals surface area (Å²) in [5.41, 5.74) is 0.747. The second kappa shape index (κ2) is 8.30. The van der Waals surface area contributed by atoms with E-state index in [2.05, 4.69) is 18.9 Å². The fourth-order valence-electron chi connectivity index (χ4n) is 3.02. The fourth-order valence-corrected chi connectivity index (χ4v) is 3.02. The van der Waals surface area contributed by atoms with Crippen LogP contribution in [0.25, 0.3) is 5.69 Å². The molecule has 29 heavy (non-hydrogen) atoms. The predicted octanol–water partition coefficient (Wildman–Crippen LogP) is 2.72. The molecule has 0 radical (unpaired) electrons. The first-order valence-electron chi connectivity index (χ1n) is 9.06. The van der Waals surface area contributed by atoms with Crippen LogP contribution in [-0.2, 0) is 6.54 Å². The molecule has 1 heterocycles. The van der Waals surface area contributed by atoms with Gasteiger partial charge in [0.05, 0.1) is 26.5 Å². The van der Waals surface area contributed by atoms with Crippen LogP contribution in [0, 0.1) is 5.82 Å². The van der Waals surface area contributed by atoms with Gasteiger partial charge < -0.3 is 9.47 Å². The lowest BCUT2D eigenvalue weighted by molar-refractivity contribution is 0.367. The van der Waals surface area contributed by atoms with Crippen LogP contribution in [0.5, 0.6) is 11.6 Å². The van der Waals surface area contributed by atoms with Crippen LogP contribution in [0.4, 0.5) is 4.39 Å². The number of benzene rings is 2. The van der Waals surface area contributed by atoms with E-state index in [1.165, 1.54) is 31.4 Å². The van der Waals surface area contributed by atoms with Crippen molar-refractivity contribution < 1.29 is 13.9 Å². The Balaban J connectivity index is 2.12. The van der Waals surface area contributed by atoms with Crippen molar-refractivity contribution in [3.63, 3.8) is 0 Å². The lowest BCUT2D eigenvalue weighted by Gasteiger charge is -2.15. The Bertz CT molecular complexity index is 1130. The van der Waals surface area contributed by atoms with Crippen molar-refractivity contribution >= 4 is 0 Å². The third-order valence-electron chi connectivity index (χ3n) is 4.56. The monoisotopic (exact) mass is 399 g/mol. The molecule has 0 spiro atoms. The van der Waals surface area contributed by atoms with Gasteiger partial charge in [-0.25, -0.2) is 13.8 Å². The van der Waals surface area contributed by atoms with Gasteiger partial charge >= 0.3 is 11.2 Å². The summed E-state index contributed by atoms with van der Waals surface area (Å²) in [6.07, 6.45) is 0. The Morgan fingerprint density at radius 2 is 1.72 bits per heavy atom. The number of methoxy groups -OCH3 is 2. The number of rotatable bonds is 6. The molecule has 0 saturated carbocycles. The average molecular weight is 399 g/mol. The molecule has 0 saturated heterocycles. The van der Waals surface area contributed by atoms with Gasteiger partial charge in [-0.05, 0) is 47.4 Å². The summed E-state index contributed by atoms with van der Waals surface area (Å²) >= 11 is 0. The van der Waals surface area contributed by atoms with E-state index in [-0.39, 0.29) is 18.3 Å². The van der Waals surface area contributed by atoms with E-state index in [9.17, 15) is 14.0 Å². The van der Waals surface area contributed by atoms with E-state index in [4.69, 9.17) is 9.47 Å². The van der Waals surface area contributed by atoms with Gasteiger partial charge in [-0.15, -0.1) is 5.10 Å². The maximum atomic E-state index is 13.2. The molecule has 3 aromatic rings. The Hall–Kier alpha value is -3.42. The lowest BCUT2D eigenvalue weighted by Crippen LogP contribution is -2.41. The molecule has 0 atom stereocenters. The van der Waals surface area contributed by atoms with Gasteiger partial charge in [0.15, 0.2) is 0 Å². The Morgan fingerprint density at radius 1 is 1.03 bits per heavy atom. The molecule has 7 nitrogen and oxygen atoms in total. The zero-order chi connectivity index (χ0) is 21.1. The van der Waals surface area contributed by atoms with Gasteiger partial charge in [0.2, 0.25) is 0 Å². The molecule has 2 aromatic carbocycles. The highest BCUT2D eigenvalue weighted by atomic mass is 19.1. The molecule has 0 aliphatic rings. The van der Waals surface area contributed by atoms with Crippen molar-refractivity contribution in [1.82, 2.24) is 14.3 Å². The van der Waals surface area contributed by atoms with E-state index < -0.39 is 17.1 Å². The zero-order valence-electron chi connectivity index (χ0n) is 16.7. The smallest absolute Gasteiger partial charge is 0.352 e. The Kier molecular flexibility index (Phi) is 5.81. The second-order valence-corrected chi connectivity index (χ2v) is 6.80. The highest BCUT2D eigenvalue weighted by molar-refractivity contribution is 5.39. The van der Waals surface area contributed by atoms with Gasteiger partial charge in [0, 0.05) is 0 Å². The molecule has 0 aliphatic carbocycles. The van der Waals surface area contributed by atoms with Crippen LogP contribution in [0.1, 0.15) is 30.9 Å². The maximum Gasteiger partial charge on any atom is 0.352 e. The van der Waals surface area contributed by atoms with Crippen LogP contribution < -0.4 is 20.7 Å². The van der Waals surface area contributed by atoms with Crippen molar-refractivity contribution in [3.05, 3.63) is 80.2 Å². The maximum absolute atomic E-state index is 13.2. The van der Waals surface area contributed by atoms with Crippen molar-refractivity contribution in [2.45, 2.75) is 26.3 Å². The molecule has 8 heteroatoms. The minimum atomic E-state index is -0.658. The van der Waals surface area contributed by atoms with Crippen molar-refractivity contribution in [3.8, 4) is 17.3 Å². The number of ether oxygens (including phenoxy) is 2. The van der Waals surface area contributed by atoms with Gasteiger partial charge in [-0.2, -0.15) is 4.68 Å². The van der Waals surface area contributed by atoms with Crippen LogP contribution in [0.15, 0.2) is 52.1 Å². The fraction of sp³-hybridized carbons (Fsp3) is 0.286. The van der Waals surface area contributed by atoms with Gasteiger partial charge in [0.1, 0.15) is 11.6 Å². The SMILES string of the molecule is COc1cc(Cn2c(=O)c(OC)nn(-c3ccc(F)cc3)c2=O)ccc1C(C)C. The second-order valence-electron chi connectivity index (χ2n) is 6.80. The minimum absolute atomic E-state index is 0.00643. The number of hydrogen-bond donors (Lipinski definition) is 0. The van der Waals surface area contributed by atoms with Gasteiger partial charge in [-0.3, -0.25) is 4.79 Å². The number of halogens is 1. The number of hydrogen-bond acceptors (Lipinski definition) is 5. The normalized spacial score (nSPS) is 11.0. The lowest BCUT2D eigenvalue weighted by atomic mass is 10.0. The first-order valence-corrected chi connectivity index (χ1v) is 9.06. The molecule has 1 aromatic heterocycles. The van der Waals surface area contributed by atoms with Crippen LogP contribution in [0.3, 0.4) is 0 Å². The molecule has 0 N–H and O–H groups in total. The van der Waals surface area contributed by atoms with Crippen molar-refractivity contribution in [2.75, 3.05) is 14.2 Å². The molecule has 0 aliphatic heterocycles. The van der Waals surface area contributed by atoms with Crippen LogP contribution in [-0.4, -0.2) is 28.6 Å². The molecule has 0 bridgehead atoms. The van der Waals surface area contributed by atoms with Crippen molar-refractivity contribution in [1.29, 1.82) is 0 Å². The molecule has 0 fully saturated rings. The van der Waals surface area contributed by atoms with Crippen LogP contribution in [0.2, 0.25) is 0 Å². The summed E-state index contributed by atoms with van der Waals surface area (Å²) < 4.78 is 25.8. The molecular formula is C21H22FN3O4. The minimum Gasteiger partial charge on any atom is -0.496 e. The first-order chi connectivity index (χ1) is 13.8. The molecule has 0 amide bonds. The molecular weight excluding hydrogens is 377 g/mol. The summed E-state index contributed by atoms with van der Waals surface area (Å²) in [6, 6.07) is 10.8. The van der Waals surface area contributed by atoms with Crippen molar-refractivity contribution in [2.24, 2.45) is 0 Å². The van der Waals surface area contributed by atoms with Gasteiger partial charge in [0.25, 0.3) is 5.88 Å². The largest absolute Gasteiger partial charge is 0.496 e. The third-order valence-corrected chi connectivity index (χ3v) is 4.56. The highest BCUT2D eigenvalue weighted by Gasteiger charge is 2.16. The Labute approximate surface area is 166 Å². The quantitative estimate of drug-likeness (QED) is 0.637. The molecule has 0 unspecified atom stereocenters. The predicted molar refractivity (Wildman–Crippen MR) is 107 cm³/mol. The first kappa shape index (κ1) is 20.3. The van der Waals surface area contributed by atoms with E-state index in [0.29, 0.717) is 17.0 Å². The standard InChI is InChI=1S/C21H22FN3O4/c1-13(2)17-10-5-14(11-18(17)28-3)12-24-20(26)19(29-4)23-25(21(24)27)16-8-6-15(22)7-9-16/h5-11,13H,12H2,1-4H3. The number of nitrogens with zero attached hydrogens (tertiary/aromatic N) is 3. The summed E-state index contributed by atoms with van der Waals surface area (Å²) in [5.74, 6) is 0.267. The Morgan fingerprint density at radius 3 is 2.31 bits per heavy atom. The highest BCUT2D eigenvalue weighted by Crippen LogP contribution is 2.27. The average Bonchev–Trinajstić information content (AvgIpc) is 2.71. The summed E-state index contributed by atoms with van der Waals surface area (Å²) in [5, 5.41) is 3.97. The summed E-state index contributed by atoms with van der Waals surface area (Å²) in [6.45, 7) is 4.11. The van der Waals surface area contributed by atoms with E-state index >= 15 is 0 Å². The molecule has 152 valence electrons. The molecule has 3 rings (SSSR count). The topological polar surface area (TPSA) is 75.3 Å². The summed E-state index contributed by atoms with van der Waals surface area (Å²) in [7, 11) is 2.88. The van der Waals surface area contributed by atoms with E-state index in [1.54, 1.807) is 13.2 Å².